The van der Waals surface area contributed by atoms with Crippen molar-refractivity contribution in [2.45, 2.75) is 37.8 Å². The number of oxime groups is 1. The van der Waals surface area contributed by atoms with Crippen LogP contribution in [0.25, 0.3) is 0 Å². The van der Waals surface area contributed by atoms with Gasteiger partial charge < -0.3 is 14.4 Å². The predicted molar refractivity (Wildman–Crippen MR) is 125 cm³/mol. The second kappa shape index (κ2) is 9.24. The van der Waals surface area contributed by atoms with Crippen molar-refractivity contribution in [2.75, 3.05) is 5.32 Å². The first-order valence-corrected chi connectivity index (χ1v) is 11.2. The van der Waals surface area contributed by atoms with Crippen LogP contribution in [0.15, 0.2) is 90.1 Å². The number of carbonyl (C=O) groups excluding carboxylic acids is 1. The molecule has 7 heteroatoms. The third-order valence-corrected chi connectivity index (χ3v) is 5.80. The van der Waals surface area contributed by atoms with E-state index in [4.69, 9.17) is 14.4 Å². The van der Waals surface area contributed by atoms with Crippen LogP contribution in [0.4, 0.5) is 10.5 Å². The van der Waals surface area contributed by atoms with Gasteiger partial charge in [0.1, 0.15) is 5.75 Å². The van der Waals surface area contributed by atoms with E-state index in [0.29, 0.717) is 23.0 Å². The lowest BCUT2D eigenvalue weighted by Gasteiger charge is -2.37. The van der Waals surface area contributed by atoms with Crippen molar-refractivity contribution in [3.63, 3.8) is 0 Å². The highest BCUT2D eigenvalue weighted by molar-refractivity contribution is 6.00. The van der Waals surface area contributed by atoms with Gasteiger partial charge in [0.05, 0.1) is 5.69 Å². The summed E-state index contributed by atoms with van der Waals surface area (Å²) >= 11 is 0. The molecule has 1 heterocycles. The Balaban J connectivity index is 1.36. The zero-order chi connectivity index (χ0) is 22.5. The van der Waals surface area contributed by atoms with Crippen LogP contribution in [-0.4, -0.2) is 22.7 Å². The average Bonchev–Trinajstić information content (AvgIpc) is 3.19. The number of hydrogen-bond donors (Lipinski definition) is 1. The lowest BCUT2D eigenvalue weighted by atomic mass is 9.91. The van der Waals surface area contributed by atoms with Crippen LogP contribution in [0, 0.1) is 0 Å². The van der Waals surface area contributed by atoms with Gasteiger partial charge in [-0.2, -0.15) is 0 Å². The number of anilines is 1. The van der Waals surface area contributed by atoms with Crippen molar-refractivity contribution in [1.82, 2.24) is 5.06 Å². The molecule has 1 aliphatic heterocycles. The molecule has 0 bridgehead atoms. The molecule has 1 saturated carbocycles. The molecule has 0 saturated heterocycles. The summed E-state index contributed by atoms with van der Waals surface area (Å²) in [6.07, 6.45) is 3.90. The summed E-state index contributed by atoms with van der Waals surface area (Å²) in [5, 5.41) is 8.66. The van der Waals surface area contributed by atoms with E-state index in [1.165, 1.54) is 5.06 Å². The minimum atomic E-state index is -0.777. The fourth-order valence-electron chi connectivity index (χ4n) is 4.17. The number of para-hydroxylation sites is 3. The molecule has 1 spiro atoms. The summed E-state index contributed by atoms with van der Waals surface area (Å²) in [5.41, 5.74) is 0.545. The third kappa shape index (κ3) is 4.48. The van der Waals surface area contributed by atoms with Gasteiger partial charge in [0.2, 0.25) is 11.6 Å². The molecule has 2 aliphatic rings. The highest BCUT2D eigenvalue weighted by atomic mass is 16.8. The fourth-order valence-corrected chi connectivity index (χ4v) is 4.17. The van der Waals surface area contributed by atoms with Crippen LogP contribution in [0.2, 0.25) is 0 Å². The number of rotatable bonds is 5. The van der Waals surface area contributed by atoms with Crippen LogP contribution in [0.3, 0.4) is 0 Å². The minimum Gasteiger partial charge on any atom is -0.455 e. The Bertz CT molecular complexity index is 1130. The topological polar surface area (TPSA) is 72.4 Å². The van der Waals surface area contributed by atoms with Gasteiger partial charge >= 0.3 is 6.09 Å². The maximum absolute atomic E-state index is 13.0. The van der Waals surface area contributed by atoms with Gasteiger partial charge in [0.25, 0.3) is 0 Å². The normalized spacial score (nSPS) is 16.6. The van der Waals surface area contributed by atoms with Crippen molar-refractivity contribution >= 4 is 17.6 Å². The Morgan fingerprint density at radius 1 is 0.879 bits per heavy atom. The van der Waals surface area contributed by atoms with Crippen molar-refractivity contribution < 1.29 is 19.2 Å². The van der Waals surface area contributed by atoms with Gasteiger partial charge in [0, 0.05) is 18.4 Å². The van der Waals surface area contributed by atoms with E-state index < -0.39 is 11.8 Å². The van der Waals surface area contributed by atoms with E-state index in [1.807, 2.05) is 72.8 Å². The zero-order valence-electron chi connectivity index (χ0n) is 18.1. The summed E-state index contributed by atoms with van der Waals surface area (Å²) in [6, 6.07) is 26.2. The molecule has 1 fully saturated rings. The van der Waals surface area contributed by atoms with Crippen LogP contribution >= 0.6 is 0 Å². The zero-order valence-corrected chi connectivity index (χ0v) is 18.1. The maximum Gasteiger partial charge on any atom is 0.436 e. The monoisotopic (exact) mass is 443 g/mol. The molecule has 1 aliphatic carbocycles. The first-order chi connectivity index (χ1) is 16.2. The second-order valence-corrected chi connectivity index (χ2v) is 8.09. The van der Waals surface area contributed by atoms with Gasteiger partial charge in [-0.25, -0.2) is 4.79 Å². The molecule has 1 N–H and O–H groups in total. The maximum atomic E-state index is 13.0. The summed E-state index contributed by atoms with van der Waals surface area (Å²) in [4.78, 5) is 24.8. The molecular formula is C26H25N3O4. The van der Waals surface area contributed by atoms with Crippen LogP contribution in [0.1, 0.15) is 37.7 Å². The summed E-state index contributed by atoms with van der Waals surface area (Å²) in [6.45, 7) is 0. The number of amidine groups is 1. The first-order valence-electron chi connectivity index (χ1n) is 11.2. The number of nitrogens with one attached hydrogen (secondary N) is 1. The molecule has 1 amide bonds. The van der Waals surface area contributed by atoms with Gasteiger partial charge in [-0.15, -0.1) is 5.06 Å². The molecule has 3 aromatic rings. The van der Waals surface area contributed by atoms with Crippen molar-refractivity contribution in [3.8, 4) is 11.5 Å². The molecule has 3 aromatic carbocycles. The standard InChI is InChI=1S/C26H25N3O4/c30-25(27-22-16-8-9-17-23(22)31-21-14-6-2-7-15-21)32-29-24(20-12-4-1-5-13-20)28-33-26(29)18-10-3-11-19-26/h1-2,4-9,12-17H,3,10-11,18-19H2,(H,27,30). The Labute approximate surface area is 192 Å². The Kier molecular flexibility index (Phi) is 5.85. The van der Waals surface area contributed by atoms with Crippen molar-refractivity contribution in [1.29, 1.82) is 0 Å². The average molecular weight is 444 g/mol. The predicted octanol–water partition coefficient (Wildman–Crippen LogP) is 6.30. The largest absolute Gasteiger partial charge is 0.455 e. The van der Waals surface area contributed by atoms with Crippen LogP contribution in [-0.2, 0) is 9.68 Å². The van der Waals surface area contributed by atoms with E-state index in [0.717, 1.165) is 37.7 Å². The van der Waals surface area contributed by atoms with Crippen LogP contribution in [0.5, 0.6) is 11.5 Å². The highest BCUT2D eigenvalue weighted by Crippen LogP contribution is 2.40. The van der Waals surface area contributed by atoms with Gasteiger partial charge in [-0.1, -0.05) is 72.2 Å². The van der Waals surface area contributed by atoms with E-state index in [2.05, 4.69) is 10.5 Å². The van der Waals surface area contributed by atoms with E-state index in [1.54, 1.807) is 12.1 Å². The molecular weight excluding hydrogens is 418 g/mol. The molecule has 0 radical (unpaired) electrons. The van der Waals surface area contributed by atoms with Crippen LogP contribution < -0.4 is 10.1 Å². The summed E-state index contributed by atoms with van der Waals surface area (Å²) < 4.78 is 5.95. The molecule has 7 nitrogen and oxygen atoms in total. The van der Waals surface area contributed by atoms with Gasteiger partial charge in [-0.3, -0.25) is 5.32 Å². The number of hydroxylamine groups is 2. The number of hydrogen-bond acceptors (Lipinski definition) is 6. The Morgan fingerprint density at radius 2 is 1.55 bits per heavy atom. The minimum absolute atomic E-state index is 0.487. The smallest absolute Gasteiger partial charge is 0.436 e. The quantitative estimate of drug-likeness (QED) is 0.501. The molecule has 5 rings (SSSR count). The number of benzene rings is 3. The third-order valence-electron chi connectivity index (χ3n) is 5.80. The lowest BCUT2D eigenvalue weighted by Crippen LogP contribution is -2.51. The van der Waals surface area contributed by atoms with Crippen molar-refractivity contribution in [3.05, 3.63) is 90.5 Å². The van der Waals surface area contributed by atoms with E-state index in [-0.39, 0.29) is 0 Å². The molecule has 0 aromatic heterocycles. The summed E-state index contributed by atoms with van der Waals surface area (Å²) in [5.74, 6) is 1.68. The van der Waals surface area contributed by atoms with Gasteiger partial charge in [0.15, 0.2) is 5.75 Å². The van der Waals surface area contributed by atoms with E-state index in [9.17, 15) is 4.79 Å². The van der Waals surface area contributed by atoms with Crippen molar-refractivity contribution in [2.24, 2.45) is 5.16 Å². The molecule has 168 valence electrons. The number of amides is 1. The Morgan fingerprint density at radius 3 is 2.30 bits per heavy atom. The second-order valence-electron chi connectivity index (χ2n) is 8.09. The first kappa shape index (κ1) is 20.9. The molecule has 0 atom stereocenters. The Hall–Kier alpha value is -4.00. The highest BCUT2D eigenvalue weighted by Gasteiger charge is 2.50. The van der Waals surface area contributed by atoms with Gasteiger partial charge in [-0.05, 0) is 37.1 Å². The number of carbonyl (C=O) groups is 1. The molecule has 33 heavy (non-hydrogen) atoms. The number of nitrogens with zero attached hydrogens (tertiary/aromatic N) is 2. The molecule has 0 unspecified atom stereocenters. The number of ether oxygens (including phenoxy) is 1. The summed E-state index contributed by atoms with van der Waals surface area (Å²) in [7, 11) is 0. The fraction of sp³-hybridized carbons (Fsp3) is 0.231. The lowest BCUT2D eigenvalue weighted by molar-refractivity contribution is -0.224. The van der Waals surface area contributed by atoms with E-state index >= 15 is 0 Å². The SMILES string of the molecule is O=C(Nc1ccccc1Oc1ccccc1)ON1C(c2ccccc2)=NOC12CCCCC2.